The number of fused-ring (bicyclic) bond motifs is 1. The number of aliphatic carboxylic acids is 1. The summed E-state index contributed by atoms with van der Waals surface area (Å²) < 4.78 is 50.7. The van der Waals surface area contributed by atoms with Crippen LogP contribution in [0.1, 0.15) is 29.7 Å². The standard InChI is InChI=1S/C24H24FN3O2.C2HF3O2/c1-30-19-7-5-17(6-8-19)24(11-12-24)23(29)28-13-9-20-21(10-14-28)26-27-22(20)16-3-2-4-18(25)15-16;3-2(4,5)1(6)7/h2-8,15H,9-14H2,1H3,(H,26,27);(H,6,7). The third-order valence-corrected chi connectivity index (χ3v) is 6.65. The van der Waals surface area contributed by atoms with Crippen molar-refractivity contribution >= 4 is 11.9 Å². The SMILES string of the molecule is COc1ccc(C2(C(=O)N3CCc4[nH]nc(-c5cccc(F)c5)c4CC3)CC2)cc1.O=C(O)C(F)(F)F. The molecule has 0 atom stereocenters. The van der Waals surface area contributed by atoms with Crippen molar-refractivity contribution in [3.63, 3.8) is 0 Å². The highest BCUT2D eigenvalue weighted by atomic mass is 19.4. The number of rotatable bonds is 4. The van der Waals surface area contributed by atoms with Gasteiger partial charge < -0.3 is 14.7 Å². The molecule has 5 rings (SSSR count). The van der Waals surface area contributed by atoms with Gasteiger partial charge in [0.05, 0.1) is 18.2 Å². The van der Waals surface area contributed by atoms with Crippen LogP contribution in [0.3, 0.4) is 0 Å². The first kappa shape index (κ1) is 26.2. The van der Waals surface area contributed by atoms with Gasteiger partial charge in [0, 0.05) is 36.3 Å². The van der Waals surface area contributed by atoms with Gasteiger partial charge >= 0.3 is 12.1 Å². The summed E-state index contributed by atoms with van der Waals surface area (Å²) in [4.78, 5) is 24.4. The Bertz CT molecular complexity index is 1280. The van der Waals surface area contributed by atoms with Gasteiger partial charge in [0.15, 0.2) is 0 Å². The molecule has 2 heterocycles. The van der Waals surface area contributed by atoms with Crippen LogP contribution >= 0.6 is 0 Å². The van der Waals surface area contributed by atoms with Crippen molar-refractivity contribution in [3.05, 3.63) is 71.2 Å². The maximum Gasteiger partial charge on any atom is 0.490 e. The van der Waals surface area contributed by atoms with Gasteiger partial charge in [-0.15, -0.1) is 0 Å². The number of hydrogen-bond acceptors (Lipinski definition) is 4. The van der Waals surface area contributed by atoms with Crippen molar-refractivity contribution in [2.24, 2.45) is 0 Å². The molecule has 2 aromatic carbocycles. The van der Waals surface area contributed by atoms with E-state index in [0.717, 1.165) is 53.1 Å². The summed E-state index contributed by atoms with van der Waals surface area (Å²) in [6, 6.07) is 14.4. The zero-order chi connectivity index (χ0) is 26.8. The van der Waals surface area contributed by atoms with E-state index in [1.54, 1.807) is 13.2 Å². The van der Waals surface area contributed by atoms with Crippen LogP contribution < -0.4 is 4.74 Å². The number of aromatic nitrogens is 2. The highest BCUT2D eigenvalue weighted by molar-refractivity contribution is 5.91. The molecule has 2 aliphatic rings. The van der Waals surface area contributed by atoms with E-state index >= 15 is 0 Å². The summed E-state index contributed by atoms with van der Waals surface area (Å²) in [7, 11) is 1.64. The lowest BCUT2D eigenvalue weighted by Crippen LogP contribution is -2.40. The molecular formula is C26H25F4N3O4. The Kier molecular flexibility index (Phi) is 7.24. The summed E-state index contributed by atoms with van der Waals surface area (Å²) in [6.45, 7) is 1.31. The Morgan fingerprint density at radius 3 is 2.30 bits per heavy atom. The second-order valence-corrected chi connectivity index (χ2v) is 8.95. The molecule has 0 bridgehead atoms. The maximum absolute atomic E-state index is 13.7. The molecule has 37 heavy (non-hydrogen) atoms. The van der Waals surface area contributed by atoms with Crippen LogP contribution in [0.5, 0.6) is 5.75 Å². The van der Waals surface area contributed by atoms with Gasteiger partial charge in [0.2, 0.25) is 5.91 Å². The summed E-state index contributed by atoms with van der Waals surface area (Å²) in [6.07, 6.45) is -1.88. The van der Waals surface area contributed by atoms with E-state index in [9.17, 15) is 22.4 Å². The smallest absolute Gasteiger partial charge is 0.490 e. The van der Waals surface area contributed by atoms with Crippen molar-refractivity contribution < 1.29 is 37.0 Å². The molecule has 1 aliphatic heterocycles. The zero-order valence-corrected chi connectivity index (χ0v) is 19.9. The van der Waals surface area contributed by atoms with E-state index in [0.29, 0.717) is 19.5 Å². The summed E-state index contributed by atoms with van der Waals surface area (Å²) in [5.41, 5.74) is 4.36. The predicted octanol–water partition coefficient (Wildman–Crippen LogP) is 4.52. The van der Waals surface area contributed by atoms with Crippen molar-refractivity contribution in [2.45, 2.75) is 37.3 Å². The van der Waals surface area contributed by atoms with Crippen LogP contribution in [0.15, 0.2) is 48.5 Å². The molecule has 1 saturated carbocycles. The first-order valence-corrected chi connectivity index (χ1v) is 11.6. The van der Waals surface area contributed by atoms with Crippen LogP contribution in [-0.2, 0) is 27.8 Å². The number of H-pyrrole nitrogens is 1. The molecule has 1 aromatic heterocycles. The number of amides is 1. The van der Waals surface area contributed by atoms with E-state index in [-0.39, 0.29) is 11.7 Å². The van der Waals surface area contributed by atoms with Crippen LogP contribution in [-0.4, -0.2) is 58.5 Å². The number of ether oxygens (including phenoxy) is 1. The number of carboxylic acid groups (broad SMARTS) is 1. The average molecular weight is 519 g/mol. The largest absolute Gasteiger partial charge is 0.497 e. The van der Waals surface area contributed by atoms with Gasteiger partial charge in [0.25, 0.3) is 0 Å². The number of methoxy groups -OCH3 is 1. The molecule has 1 fully saturated rings. The number of benzene rings is 2. The number of carbonyl (C=O) groups excluding carboxylic acids is 1. The lowest BCUT2D eigenvalue weighted by Gasteiger charge is -2.26. The molecule has 7 nitrogen and oxygen atoms in total. The Hall–Kier alpha value is -3.89. The average Bonchev–Trinajstić information content (AvgIpc) is 3.63. The van der Waals surface area contributed by atoms with E-state index in [2.05, 4.69) is 10.2 Å². The molecule has 11 heteroatoms. The van der Waals surface area contributed by atoms with E-state index < -0.39 is 17.6 Å². The van der Waals surface area contributed by atoms with Gasteiger partial charge in [-0.3, -0.25) is 9.89 Å². The normalized spacial score (nSPS) is 16.1. The minimum atomic E-state index is -5.08. The van der Waals surface area contributed by atoms with Crippen LogP contribution in [0.4, 0.5) is 17.6 Å². The van der Waals surface area contributed by atoms with Gasteiger partial charge in [-0.1, -0.05) is 24.3 Å². The Morgan fingerprint density at radius 2 is 1.73 bits per heavy atom. The summed E-state index contributed by atoms with van der Waals surface area (Å²) in [5.74, 6) is -2.02. The van der Waals surface area contributed by atoms with Crippen LogP contribution in [0, 0.1) is 5.82 Å². The lowest BCUT2D eigenvalue weighted by atomic mass is 9.94. The number of alkyl halides is 3. The molecule has 0 spiro atoms. The molecule has 3 aromatic rings. The van der Waals surface area contributed by atoms with Gasteiger partial charge in [-0.05, 0) is 49.1 Å². The highest BCUT2D eigenvalue weighted by Crippen LogP contribution is 2.50. The quantitative estimate of drug-likeness (QED) is 0.495. The summed E-state index contributed by atoms with van der Waals surface area (Å²) >= 11 is 0. The molecule has 1 amide bonds. The highest BCUT2D eigenvalue weighted by Gasteiger charge is 2.53. The molecule has 2 N–H and O–H groups in total. The van der Waals surface area contributed by atoms with E-state index in [4.69, 9.17) is 14.6 Å². The molecule has 0 unspecified atom stereocenters. The maximum atomic E-state index is 13.7. The molecule has 0 saturated heterocycles. The monoisotopic (exact) mass is 519 g/mol. The number of carbonyl (C=O) groups is 2. The number of carboxylic acids is 1. The molecule has 1 aliphatic carbocycles. The number of halogens is 4. The Labute approximate surface area is 210 Å². The van der Waals surface area contributed by atoms with Crippen LogP contribution in [0.25, 0.3) is 11.3 Å². The molecule has 0 radical (unpaired) electrons. The third-order valence-electron chi connectivity index (χ3n) is 6.65. The molecule has 196 valence electrons. The predicted molar refractivity (Wildman–Crippen MR) is 126 cm³/mol. The van der Waals surface area contributed by atoms with Gasteiger partial charge in [-0.25, -0.2) is 9.18 Å². The number of nitrogens with zero attached hydrogens (tertiary/aromatic N) is 2. The van der Waals surface area contributed by atoms with E-state index in [1.165, 1.54) is 12.1 Å². The minimum absolute atomic E-state index is 0.207. The third kappa shape index (κ3) is 5.60. The second-order valence-electron chi connectivity index (χ2n) is 8.95. The number of hydrogen-bond donors (Lipinski definition) is 2. The van der Waals surface area contributed by atoms with Gasteiger partial charge in [0.1, 0.15) is 11.6 Å². The fraction of sp³-hybridized carbons (Fsp3) is 0.346. The Balaban J connectivity index is 0.000000405. The number of aromatic amines is 1. The first-order valence-electron chi connectivity index (χ1n) is 11.6. The topological polar surface area (TPSA) is 95.5 Å². The fourth-order valence-corrected chi connectivity index (χ4v) is 4.52. The molecular weight excluding hydrogens is 494 g/mol. The second kappa shape index (κ2) is 10.2. The first-order chi connectivity index (χ1) is 17.5. The summed E-state index contributed by atoms with van der Waals surface area (Å²) in [5, 5.41) is 14.7. The number of nitrogens with one attached hydrogen (secondary N) is 1. The van der Waals surface area contributed by atoms with Crippen molar-refractivity contribution in [1.29, 1.82) is 0 Å². The van der Waals surface area contributed by atoms with Crippen LogP contribution in [0.2, 0.25) is 0 Å². The van der Waals surface area contributed by atoms with E-state index in [1.807, 2.05) is 35.2 Å². The van der Waals surface area contributed by atoms with Crippen molar-refractivity contribution in [2.75, 3.05) is 20.2 Å². The zero-order valence-electron chi connectivity index (χ0n) is 19.9. The fourth-order valence-electron chi connectivity index (χ4n) is 4.52. The Morgan fingerprint density at radius 1 is 1.08 bits per heavy atom. The minimum Gasteiger partial charge on any atom is -0.497 e. The van der Waals surface area contributed by atoms with Crippen molar-refractivity contribution in [1.82, 2.24) is 15.1 Å². The lowest BCUT2D eigenvalue weighted by molar-refractivity contribution is -0.192. The van der Waals surface area contributed by atoms with Crippen molar-refractivity contribution in [3.8, 4) is 17.0 Å². The van der Waals surface area contributed by atoms with Gasteiger partial charge in [-0.2, -0.15) is 18.3 Å².